The number of nitro benzene ring substituents is 1. The number of ether oxygens (including phenoxy) is 3. The number of aromatic nitrogens is 1. The van der Waals surface area contributed by atoms with E-state index in [4.69, 9.17) is 9.47 Å². The van der Waals surface area contributed by atoms with Gasteiger partial charge in [0.15, 0.2) is 0 Å². The Kier molecular flexibility index (Phi) is 8.16. The molecule has 0 spiro atoms. The van der Waals surface area contributed by atoms with Crippen LogP contribution in [0.2, 0.25) is 0 Å². The molecular formula is C15H20N2O6. The largest absolute Gasteiger partial charge is 0.493 e. The van der Waals surface area contributed by atoms with E-state index >= 15 is 0 Å². The number of carbonyl (C=O) groups excluding carboxylic acids is 1. The van der Waals surface area contributed by atoms with E-state index < -0.39 is 4.92 Å². The van der Waals surface area contributed by atoms with Crippen molar-refractivity contribution >= 4 is 23.1 Å². The van der Waals surface area contributed by atoms with Gasteiger partial charge in [0, 0.05) is 31.7 Å². The number of nitrogens with one attached hydrogen (secondary N) is 1. The molecule has 0 aliphatic rings. The quantitative estimate of drug-likeness (QED) is 0.346. The molecule has 0 aliphatic carbocycles. The van der Waals surface area contributed by atoms with Gasteiger partial charge >= 0.3 is 0 Å². The Balaban J connectivity index is 0.000000463. The molecule has 8 nitrogen and oxygen atoms in total. The molecule has 126 valence electrons. The normalized spacial score (nSPS) is 9.83. The lowest BCUT2D eigenvalue weighted by molar-refractivity contribution is -0.383. The van der Waals surface area contributed by atoms with Crippen LogP contribution in [-0.2, 0) is 14.3 Å². The fourth-order valence-corrected chi connectivity index (χ4v) is 1.81. The Morgan fingerprint density at radius 2 is 2.13 bits per heavy atom. The van der Waals surface area contributed by atoms with Crippen molar-refractivity contribution in [3.63, 3.8) is 0 Å². The van der Waals surface area contributed by atoms with E-state index in [2.05, 4.69) is 9.72 Å². The molecule has 2 aromatic rings. The minimum absolute atomic E-state index is 0.0271. The van der Waals surface area contributed by atoms with E-state index in [0.29, 0.717) is 37.6 Å². The van der Waals surface area contributed by atoms with Crippen LogP contribution in [0.25, 0.3) is 10.9 Å². The number of methoxy groups -OCH3 is 1. The van der Waals surface area contributed by atoms with Crippen LogP contribution in [0.5, 0.6) is 5.75 Å². The fourth-order valence-electron chi connectivity index (χ4n) is 1.81. The molecule has 2 rings (SSSR count). The fraction of sp³-hybridized carbons (Fsp3) is 0.400. The van der Waals surface area contributed by atoms with Gasteiger partial charge in [-0.25, -0.2) is 0 Å². The zero-order valence-electron chi connectivity index (χ0n) is 13.1. The number of benzene rings is 1. The summed E-state index contributed by atoms with van der Waals surface area (Å²) >= 11 is 0. The molecule has 1 heterocycles. The first-order valence-corrected chi connectivity index (χ1v) is 7.06. The smallest absolute Gasteiger partial charge is 0.296 e. The molecule has 0 aliphatic heterocycles. The van der Waals surface area contributed by atoms with E-state index in [1.807, 2.05) is 0 Å². The number of hydrogen-bond donors (Lipinski definition) is 1. The first-order chi connectivity index (χ1) is 11.1. The summed E-state index contributed by atoms with van der Waals surface area (Å²) in [6.45, 7) is 3.74. The van der Waals surface area contributed by atoms with Gasteiger partial charge in [0.25, 0.3) is 12.2 Å². The first kappa shape index (κ1) is 18.4. The molecule has 0 fully saturated rings. The van der Waals surface area contributed by atoms with Crippen molar-refractivity contribution in [1.82, 2.24) is 4.98 Å². The second-order valence-corrected chi connectivity index (χ2v) is 4.39. The standard InChI is InChI=1S/C12H14N2O4.C3H6O2/c1-17-5-2-6-18-10-7-9-3-4-13-12(9)11(8-10)14(15)16;1-2-5-3-4/h3-4,7-8,13H,2,5-6H2,1H3;3H,2H2,1H3. The highest BCUT2D eigenvalue weighted by atomic mass is 16.6. The van der Waals surface area contributed by atoms with Crippen molar-refractivity contribution in [2.24, 2.45) is 0 Å². The van der Waals surface area contributed by atoms with E-state index in [1.54, 1.807) is 32.4 Å². The molecule has 1 N–H and O–H groups in total. The maximum atomic E-state index is 11.0. The summed E-state index contributed by atoms with van der Waals surface area (Å²) in [5.41, 5.74) is 0.545. The molecule has 0 saturated carbocycles. The summed E-state index contributed by atoms with van der Waals surface area (Å²) in [6.07, 6.45) is 2.42. The number of rotatable bonds is 8. The van der Waals surface area contributed by atoms with E-state index in [9.17, 15) is 14.9 Å². The molecule has 0 radical (unpaired) electrons. The Morgan fingerprint density at radius 1 is 1.35 bits per heavy atom. The van der Waals surface area contributed by atoms with Crippen molar-refractivity contribution in [3.8, 4) is 5.75 Å². The van der Waals surface area contributed by atoms with Crippen molar-refractivity contribution in [2.45, 2.75) is 13.3 Å². The number of nitrogens with zero attached hydrogens (tertiary/aromatic N) is 1. The molecule has 0 unspecified atom stereocenters. The number of carbonyl (C=O) groups is 1. The third-order valence-corrected chi connectivity index (χ3v) is 2.81. The molecule has 0 amide bonds. The second kappa shape index (κ2) is 10.2. The highest BCUT2D eigenvalue weighted by Crippen LogP contribution is 2.29. The van der Waals surface area contributed by atoms with Crippen molar-refractivity contribution in [3.05, 3.63) is 34.5 Å². The monoisotopic (exact) mass is 324 g/mol. The van der Waals surface area contributed by atoms with Crippen molar-refractivity contribution < 1.29 is 23.9 Å². The lowest BCUT2D eigenvalue weighted by atomic mass is 10.2. The second-order valence-electron chi connectivity index (χ2n) is 4.39. The summed E-state index contributed by atoms with van der Waals surface area (Å²) in [6, 6.07) is 5.00. The van der Waals surface area contributed by atoms with Crippen LogP contribution < -0.4 is 4.74 Å². The zero-order valence-corrected chi connectivity index (χ0v) is 13.1. The third-order valence-electron chi connectivity index (χ3n) is 2.81. The minimum Gasteiger partial charge on any atom is -0.493 e. The van der Waals surface area contributed by atoms with E-state index in [1.165, 1.54) is 6.07 Å². The number of fused-ring (bicyclic) bond motifs is 1. The molecule has 0 saturated heterocycles. The summed E-state index contributed by atoms with van der Waals surface area (Å²) < 4.78 is 14.5. The topological polar surface area (TPSA) is 104 Å². The minimum atomic E-state index is -0.416. The van der Waals surface area contributed by atoms with Gasteiger partial charge in [-0.15, -0.1) is 0 Å². The highest BCUT2D eigenvalue weighted by molar-refractivity contribution is 5.89. The average Bonchev–Trinajstić information content (AvgIpc) is 3.00. The molecule has 1 aromatic carbocycles. The number of nitro groups is 1. The highest BCUT2D eigenvalue weighted by Gasteiger charge is 2.15. The van der Waals surface area contributed by atoms with Crippen LogP contribution in [0.1, 0.15) is 13.3 Å². The number of hydrogen-bond acceptors (Lipinski definition) is 6. The van der Waals surface area contributed by atoms with Gasteiger partial charge in [-0.05, 0) is 19.1 Å². The molecule has 0 atom stereocenters. The maximum Gasteiger partial charge on any atom is 0.296 e. The van der Waals surface area contributed by atoms with Gasteiger partial charge in [0.1, 0.15) is 11.3 Å². The van der Waals surface area contributed by atoms with E-state index in [0.717, 1.165) is 11.8 Å². The van der Waals surface area contributed by atoms with Crippen LogP contribution in [0, 0.1) is 10.1 Å². The molecule has 8 heteroatoms. The Hall–Kier alpha value is -2.61. The predicted molar refractivity (Wildman–Crippen MR) is 84.6 cm³/mol. The summed E-state index contributed by atoms with van der Waals surface area (Å²) in [4.78, 5) is 22.6. The first-order valence-electron chi connectivity index (χ1n) is 7.06. The van der Waals surface area contributed by atoms with Crippen LogP contribution in [0.3, 0.4) is 0 Å². The average molecular weight is 324 g/mol. The molecule has 1 aromatic heterocycles. The van der Waals surface area contributed by atoms with Crippen molar-refractivity contribution in [2.75, 3.05) is 26.9 Å². The molecular weight excluding hydrogens is 304 g/mol. The van der Waals surface area contributed by atoms with Crippen molar-refractivity contribution in [1.29, 1.82) is 0 Å². The Bertz CT molecular complexity index is 625. The predicted octanol–water partition coefficient (Wildman–Crippen LogP) is 2.67. The lowest BCUT2D eigenvalue weighted by Crippen LogP contribution is -2.01. The summed E-state index contributed by atoms with van der Waals surface area (Å²) in [7, 11) is 1.62. The van der Waals surface area contributed by atoms with Crippen LogP contribution in [0.15, 0.2) is 24.4 Å². The summed E-state index contributed by atoms with van der Waals surface area (Å²) in [5.74, 6) is 0.505. The van der Waals surface area contributed by atoms with Crippen LogP contribution in [-0.4, -0.2) is 43.3 Å². The zero-order chi connectivity index (χ0) is 17.1. The van der Waals surface area contributed by atoms with E-state index in [-0.39, 0.29) is 5.69 Å². The van der Waals surface area contributed by atoms with Gasteiger partial charge in [-0.3, -0.25) is 14.9 Å². The number of non-ortho nitro benzene ring substituents is 1. The maximum absolute atomic E-state index is 11.0. The van der Waals surface area contributed by atoms with Gasteiger partial charge in [-0.1, -0.05) is 0 Å². The van der Waals surface area contributed by atoms with Gasteiger partial charge in [0.05, 0.1) is 24.2 Å². The Labute approximate surface area is 133 Å². The number of H-pyrrole nitrogens is 1. The third kappa shape index (κ3) is 5.95. The molecule has 23 heavy (non-hydrogen) atoms. The lowest BCUT2D eigenvalue weighted by Gasteiger charge is -2.06. The van der Waals surface area contributed by atoms with Crippen LogP contribution in [0.4, 0.5) is 5.69 Å². The van der Waals surface area contributed by atoms with Crippen LogP contribution >= 0.6 is 0 Å². The Morgan fingerprint density at radius 3 is 2.70 bits per heavy atom. The summed E-state index contributed by atoms with van der Waals surface area (Å²) in [5, 5.41) is 11.7. The molecule has 0 bridgehead atoms. The van der Waals surface area contributed by atoms with Gasteiger partial charge in [0.2, 0.25) is 0 Å². The number of aromatic amines is 1. The SMILES string of the molecule is CCOC=O.COCCCOc1cc([N+](=O)[O-])c2[nH]ccc2c1. The van der Waals surface area contributed by atoms with Gasteiger partial charge in [-0.2, -0.15) is 0 Å². The van der Waals surface area contributed by atoms with Gasteiger partial charge < -0.3 is 19.2 Å².